The molecule has 0 aromatic heterocycles. The van der Waals surface area contributed by atoms with Crippen molar-refractivity contribution in [3.8, 4) is 5.75 Å². The molecule has 0 saturated heterocycles. The summed E-state index contributed by atoms with van der Waals surface area (Å²) in [4.78, 5) is 10.7. The minimum Gasteiger partial charge on any atom is -0.480 e. The van der Waals surface area contributed by atoms with E-state index in [1.807, 2.05) is 0 Å². The van der Waals surface area contributed by atoms with Crippen molar-refractivity contribution in [3.63, 3.8) is 0 Å². The van der Waals surface area contributed by atoms with Crippen molar-refractivity contribution in [1.82, 2.24) is 0 Å². The molecule has 0 unspecified atom stereocenters. The van der Waals surface area contributed by atoms with Gasteiger partial charge in [0.15, 0.2) is 6.10 Å². The van der Waals surface area contributed by atoms with E-state index in [-0.39, 0.29) is 0 Å². The number of rotatable bonds is 3. The smallest absolute Gasteiger partial charge is 0.262 e. The lowest BCUT2D eigenvalue weighted by Crippen LogP contribution is -2.19. The lowest BCUT2D eigenvalue weighted by Gasteiger charge is -2.11. The normalized spacial score (nSPS) is 12.3. The molecule has 0 fully saturated rings. The summed E-state index contributed by atoms with van der Waals surface area (Å²) < 4.78 is 5.19. The van der Waals surface area contributed by atoms with Gasteiger partial charge in [0.05, 0.1) is 5.02 Å². The van der Waals surface area contributed by atoms with Gasteiger partial charge in [0.2, 0.25) is 0 Å². The van der Waals surface area contributed by atoms with Crippen LogP contribution >= 0.6 is 34.8 Å². The molecule has 0 bridgehead atoms. The van der Waals surface area contributed by atoms with Crippen LogP contribution in [0, 0.1) is 0 Å². The van der Waals surface area contributed by atoms with E-state index in [0.717, 1.165) is 0 Å². The predicted octanol–water partition coefficient (Wildman–Crippen LogP) is 3.53. The van der Waals surface area contributed by atoms with E-state index in [1.165, 1.54) is 13.0 Å². The van der Waals surface area contributed by atoms with Crippen molar-refractivity contribution in [3.05, 3.63) is 28.2 Å². The first-order chi connectivity index (χ1) is 6.50. The van der Waals surface area contributed by atoms with Gasteiger partial charge in [0, 0.05) is 11.1 Å². The fraction of sp³-hybridized carbons (Fsp3) is 0.222. The third kappa shape index (κ3) is 3.05. The molecule has 0 amide bonds. The van der Waals surface area contributed by atoms with Crippen molar-refractivity contribution in [2.24, 2.45) is 0 Å². The molecule has 0 aliphatic rings. The van der Waals surface area contributed by atoms with E-state index in [9.17, 15) is 4.79 Å². The standard InChI is InChI=1S/C9H7Cl3O2/c1-5(9(12)13)14-8-4-6(10)2-3-7(8)11/h2-5H,1H3/t5-/m0/s1. The number of halogens is 3. The predicted molar refractivity (Wildman–Crippen MR) is 57.4 cm³/mol. The van der Waals surface area contributed by atoms with E-state index in [2.05, 4.69) is 0 Å². The van der Waals surface area contributed by atoms with Crippen LogP contribution in [0.3, 0.4) is 0 Å². The molecule has 0 N–H and O–H groups in total. The average Bonchev–Trinajstić information content (AvgIpc) is 2.11. The molecule has 1 rings (SSSR count). The Kier molecular flexibility index (Phi) is 4.05. The monoisotopic (exact) mass is 252 g/mol. The molecule has 5 heteroatoms. The number of hydrogen-bond acceptors (Lipinski definition) is 2. The lowest BCUT2D eigenvalue weighted by molar-refractivity contribution is -0.117. The third-order valence-corrected chi connectivity index (χ3v) is 2.37. The Morgan fingerprint density at radius 2 is 2.07 bits per heavy atom. The molecule has 0 aliphatic carbocycles. The Balaban J connectivity index is 2.85. The minimum absolute atomic E-state index is 0.348. The first-order valence-electron chi connectivity index (χ1n) is 3.81. The minimum atomic E-state index is -0.743. The molecule has 76 valence electrons. The molecule has 0 spiro atoms. The van der Waals surface area contributed by atoms with E-state index in [0.29, 0.717) is 15.8 Å². The number of hydrogen-bond donors (Lipinski definition) is 0. The fourth-order valence-electron chi connectivity index (χ4n) is 0.804. The van der Waals surface area contributed by atoms with E-state index >= 15 is 0 Å². The molecule has 1 aromatic carbocycles. The van der Waals surface area contributed by atoms with Crippen LogP contribution in [-0.4, -0.2) is 11.3 Å². The Morgan fingerprint density at radius 1 is 1.43 bits per heavy atom. The first-order valence-corrected chi connectivity index (χ1v) is 4.95. The molecule has 0 aliphatic heterocycles. The van der Waals surface area contributed by atoms with Crippen LogP contribution in [0.4, 0.5) is 0 Å². The van der Waals surface area contributed by atoms with E-state index < -0.39 is 11.3 Å². The molecule has 2 nitrogen and oxygen atoms in total. The SMILES string of the molecule is C[C@H](Oc1cc(Cl)ccc1Cl)C(=O)Cl. The largest absolute Gasteiger partial charge is 0.480 e. The molecule has 0 saturated carbocycles. The second-order valence-corrected chi connectivity index (χ2v) is 3.86. The van der Waals surface area contributed by atoms with Gasteiger partial charge in [-0.1, -0.05) is 23.2 Å². The van der Waals surface area contributed by atoms with Crippen LogP contribution in [-0.2, 0) is 4.79 Å². The Morgan fingerprint density at radius 3 is 2.64 bits per heavy atom. The van der Waals surface area contributed by atoms with Crippen LogP contribution in [0.15, 0.2) is 18.2 Å². The Labute approximate surface area is 96.7 Å². The average molecular weight is 254 g/mol. The van der Waals surface area contributed by atoms with Crippen LogP contribution in [0.1, 0.15) is 6.92 Å². The summed E-state index contributed by atoms with van der Waals surface area (Å²) in [6, 6.07) is 4.74. The first kappa shape index (κ1) is 11.6. The number of benzene rings is 1. The summed E-state index contributed by atoms with van der Waals surface area (Å²) in [5.41, 5.74) is 0. The number of carbonyl (C=O) groups is 1. The highest BCUT2D eigenvalue weighted by atomic mass is 35.5. The van der Waals surface area contributed by atoms with Gasteiger partial charge in [0.25, 0.3) is 5.24 Å². The van der Waals surface area contributed by atoms with Gasteiger partial charge in [-0.3, -0.25) is 4.79 Å². The molecule has 1 atom stereocenters. The zero-order valence-corrected chi connectivity index (χ0v) is 9.53. The van der Waals surface area contributed by atoms with Crippen LogP contribution in [0.5, 0.6) is 5.75 Å². The molecule has 0 heterocycles. The molecular formula is C9H7Cl3O2. The molecular weight excluding hydrogens is 246 g/mol. The summed E-state index contributed by atoms with van der Waals surface area (Å²) >= 11 is 16.8. The second kappa shape index (κ2) is 4.87. The summed E-state index contributed by atoms with van der Waals surface area (Å²) in [6.45, 7) is 1.53. The van der Waals surface area contributed by atoms with Crippen molar-refractivity contribution >= 4 is 40.0 Å². The van der Waals surface area contributed by atoms with Crippen molar-refractivity contribution in [2.75, 3.05) is 0 Å². The highest BCUT2D eigenvalue weighted by Crippen LogP contribution is 2.28. The maximum absolute atomic E-state index is 10.7. The Hall–Kier alpha value is -0.440. The fourth-order valence-corrected chi connectivity index (χ4v) is 1.17. The quantitative estimate of drug-likeness (QED) is 0.770. The highest BCUT2D eigenvalue weighted by molar-refractivity contribution is 6.64. The van der Waals surface area contributed by atoms with Crippen LogP contribution < -0.4 is 4.74 Å². The zero-order valence-electron chi connectivity index (χ0n) is 7.26. The van der Waals surface area contributed by atoms with E-state index in [4.69, 9.17) is 39.5 Å². The Bertz CT molecular complexity index is 352. The van der Waals surface area contributed by atoms with Gasteiger partial charge in [-0.15, -0.1) is 0 Å². The zero-order chi connectivity index (χ0) is 10.7. The summed E-state index contributed by atoms with van der Waals surface area (Å²) in [5.74, 6) is 0.348. The van der Waals surface area contributed by atoms with Gasteiger partial charge in [-0.05, 0) is 30.7 Å². The lowest BCUT2D eigenvalue weighted by atomic mass is 10.3. The van der Waals surface area contributed by atoms with Crippen LogP contribution in [0.25, 0.3) is 0 Å². The van der Waals surface area contributed by atoms with Crippen LogP contribution in [0.2, 0.25) is 10.0 Å². The molecule has 14 heavy (non-hydrogen) atoms. The van der Waals surface area contributed by atoms with Crippen molar-refractivity contribution in [2.45, 2.75) is 13.0 Å². The highest BCUT2D eigenvalue weighted by Gasteiger charge is 2.13. The van der Waals surface area contributed by atoms with Gasteiger partial charge in [-0.2, -0.15) is 0 Å². The number of ether oxygens (including phenoxy) is 1. The van der Waals surface area contributed by atoms with Crippen molar-refractivity contribution < 1.29 is 9.53 Å². The van der Waals surface area contributed by atoms with Crippen molar-refractivity contribution in [1.29, 1.82) is 0 Å². The maximum atomic E-state index is 10.7. The topological polar surface area (TPSA) is 26.3 Å². The molecule has 1 aromatic rings. The third-order valence-electron chi connectivity index (χ3n) is 1.52. The summed E-state index contributed by atoms with van der Waals surface area (Å²) in [5, 5.41) is 0.291. The maximum Gasteiger partial charge on any atom is 0.262 e. The van der Waals surface area contributed by atoms with Gasteiger partial charge >= 0.3 is 0 Å². The summed E-state index contributed by atoms with van der Waals surface area (Å²) in [7, 11) is 0. The number of carbonyl (C=O) groups excluding carboxylic acids is 1. The van der Waals surface area contributed by atoms with E-state index in [1.54, 1.807) is 12.1 Å². The van der Waals surface area contributed by atoms with Gasteiger partial charge in [0.1, 0.15) is 5.75 Å². The second-order valence-electron chi connectivity index (χ2n) is 2.64. The summed E-state index contributed by atoms with van der Waals surface area (Å²) in [6.07, 6.45) is -0.743. The molecule has 0 radical (unpaired) electrons. The van der Waals surface area contributed by atoms with Gasteiger partial charge in [-0.25, -0.2) is 0 Å². The van der Waals surface area contributed by atoms with Gasteiger partial charge < -0.3 is 4.74 Å².